The van der Waals surface area contributed by atoms with E-state index in [0.29, 0.717) is 0 Å². The van der Waals surface area contributed by atoms with Gasteiger partial charge in [-0.25, -0.2) is 4.39 Å². The maximum atomic E-state index is 13.1. The van der Waals surface area contributed by atoms with E-state index in [9.17, 15) is 9.18 Å². The van der Waals surface area contributed by atoms with Crippen molar-refractivity contribution >= 4 is 5.97 Å². The van der Waals surface area contributed by atoms with Gasteiger partial charge in [-0.1, -0.05) is 12.1 Å². The second kappa shape index (κ2) is 4.61. The van der Waals surface area contributed by atoms with E-state index in [1.165, 1.54) is 12.1 Å². The van der Waals surface area contributed by atoms with Gasteiger partial charge in [0.05, 0.1) is 6.42 Å². The average molecular weight is 223 g/mol. The first kappa shape index (κ1) is 11.1. The molecule has 1 aromatic carbocycles. The highest BCUT2D eigenvalue weighted by Gasteiger charge is 2.29. The molecular weight excluding hydrogens is 209 g/mol. The molecule has 2 unspecified atom stereocenters. The van der Waals surface area contributed by atoms with Gasteiger partial charge in [0.25, 0.3) is 0 Å². The van der Waals surface area contributed by atoms with Gasteiger partial charge in [-0.15, -0.1) is 0 Å². The van der Waals surface area contributed by atoms with Crippen molar-refractivity contribution in [1.29, 1.82) is 0 Å². The van der Waals surface area contributed by atoms with Crippen molar-refractivity contribution in [2.45, 2.75) is 18.9 Å². The van der Waals surface area contributed by atoms with Gasteiger partial charge >= 0.3 is 5.97 Å². The Kier molecular flexibility index (Phi) is 3.19. The minimum atomic E-state index is -0.796. The average Bonchev–Trinajstić information content (AvgIpc) is 2.65. The molecule has 2 atom stereocenters. The molecule has 1 aliphatic rings. The van der Waals surface area contributed by atoms with E-state index in [1.807, 2.05) is 6.07 Å². The van der Waals surface area contributed by atoms with Gasteiger partial charge in [0.2, 0.25) is 0 Å². The number of rotatable bonds is 3. The zero-order valence-corrected chi connectivity index (χ0v) is 8.82. The Morgan fingerprint density at radius 2 is 2.38 bits per heavy atom. The summed E-state index contributed by atoms with van der Waals surface area (Å²) < 4.78 is 13.1. The highest BCUT2D eigenvalue weighted by Crippen LogP contribution is 2.32. The fourth-order valence-electron chi connectivity index (χ4n) is 2.29. The number of carboxylic acids is 1. The summed E-state index contributed by atoms with van der Waals surface area (Å²) in [4.78, 5) is 10.7. The third-order valence-corrected chi connectivity index (χ3v) is 3.00. The van der Waals surface area contributed by atoms with E-state index in [4.69, 9.17) is 5.11 Å². The van der Waals surface area contributed by atoms with Crippen molar-refractivity contribution in [3.05, 3.63) is 35.6 Å². The topological polar surface area (TPSA) is 49.3 Å². The first-order valence-electron chi connectivity index (χ1n) is 5.37. The van der Waals surface area contributed by atoms with E-state index in [-0.39, 0.29) is 24.2 Å². The summed E-state index contributed by atoms with van der Waals surface area (Å²) >= 11 is 0. The van der Waals surface area contributed by atoms with Gasteiger partial charge in [-0.05, 0) is 36.6 Å². The summed E-state index contributed by atoms with van der Waals surface area (Å²) in [6.07, 6.45) is 0.960. The van der Waals surface area contributed by atoms with Gasteiger partial charge in [0.1, 0.15) is 5.82 Å². The molecule has 2 N–H and O–H groups in total. The maximum absolute atomic E-state index is 13.1. The molecule has 1 aromatic rings. The molecule has 16 heavy (non-hydrogen) atoms. The van der Waals surface area contributed by atoms with Crippen LogP contribution in [-0.2, 0) is 4.79 Å². The lowest BCUT2D eigenvalue weighted by atomic mass is 9.91. The minimum absolute atomic E-state index is 0.0354. The predicted molar refractivity (Wildman–Crippen MR) is 57.5 cm³/mol. The van der Waals surface area contributed by atoms with Gasteiger partial charge < -0.3 is 10.4 Å². The normalized spacial score (nSPS) is 24.6. The number of hydrogen-bond acceptors (Lipinski definition) is 2. The summed E-state index contributed by atoms with van der Waals surface area (Å²) in [7, 11) is 0. The van der Waals surface area contributed by atoms with E-state index >= 15 is 0 Å². The SMILES string of the molecule is O=C(O)CC1CCNC1c1cccc(F)c1. The third-order valence-electron chi connectivity index (χ3n) is 3.00. The van der Waals surface area contributed by atoms with E-state index < -0.39 is 5.97 Å². The Morgan fingerprint density at radius 3 is 3.06 bits per heavy atom. The van der Waals surface area contributed by atoms with Crippen LogP contribution in [0.25, 0.3) is 0 Å². The number of nitrogens with one attached hydrogen (secondary N) is 1. The molecule has 3 nitrogen and oxygen atoms in total. The summed E-state index contributed by atoms with van der Waals surface area (Å²) in [5.41, 5.74) is 0.837. The molecule has 4 heteroatoms. The van der Waals surface area contributed by atoms with Crippen LogP contribution in [0, 0.1) is 11.7 Å². The number of benzene rings is 1. The van der Waals surface area contributed by atoms with Gasteiger partial charge in [0.15, 0.2) is 0 Å². The highest BCUT2D eigenvalue weighted by molar-refractivity contribution is 5.67. The molecule has 0 aromatic heterocycles. The summed E-state index contributed by atoms with van der Waals surface area (Å²) in [6.45, 7) is 0.791. The summed E-state index contributed by atoms with van der Waals surface area (Å²) in [5, 5.41) is 12.0. The van der Waals surface area contributed by atoms with Crippen molar-refractivity contribution in [1.82, 2.24) is 5.32 Å². The van der Waals surface area contributed by atoms with Crippen LogP contribution in [-0.4, -0.2) is 17.6 Å². The second-order valence-electron chi connectivity index (χ2n) is 4.13. The van der Waals surface area contributed by atoms with Crippen molar-refractivity contribution in [2.24, 2.45) is 5.92 Å². The largest absolute Gasteiger partial charge is 0.481 e. The molecule has 1 fully saturated rings. The van der Waals surface area contributed by atoms with Crippen molar-refractivity contribution < 1.29 is 14.3 Å². The number of carboxylic acid groups (broad SMARTS) is 1. The van der Waals surface area contributed by atoms with Crippen LogP contribution in [0.2, 0.25) is 0 Å². The van der Waals surface area contributed by atoms with Crippen LogP contribution in [0.3, 0.4) is 0 Å². The van der Waals surface area contributed by atoms with Crippen LogP contribution in [0.4, 0.5) is 4.39 Å². The lowest BCUT2D eigenvalue weighted by Crippen LogP contribution is -2.19. The Balaban J connectivity index is 2.16. The third kappa shape index (κ3) is 2.39. The first-order chi connectivity index (χ1) is 7.66. The number of halogens is 1. The summed E-state index contributed by atoms with van der Waals surface area (Å²) in [5.74, 6) is -1.02. The Morgan fingerprint density at radius 1 is 1.56 bits per heavy atom. The number of carbonyl (C=O) groups is 1. The molecular formula is C12H14FNO2. The lowest BCUT2D eigenvalue weighted by Gasteiger charge is -2.18. The molecule has 0 saturated carbocycles. The zero-order chi connectivity index (χ0) is 11.5. The van der Waals surface area contributed by atoms with Gasteiger partial charge in [-0.2, -0.15) is 0 Å². The van der Waals surface area contributed by atoms with Gasteiger partial charge in [-0.3, -0.25) is 4.79 Å². The second-order valence-corrected chi connectivity index (χ2v) is 4.13. The van der Waals surface area contributed by atoms with Crippen LogP contribution in [0.15, 0.2) is 24.3 Å². The van der Waals surface area contributed by atoms with E-state index in [1.54, 1.807) is 6.07 Å². The highest BCUT2D eigenvalue weighted by atomic mass is 19.1. The molecule has 0 aliphatic carbocycles. The fourth-order valence-corrected chi connectivity index (χ4v) is 2.29. The molecule has 1 saturated heterocycles. The number of aliphatic carboxylic acids is 1. The standard InChI is InChI=1S/C12H14FNO2/c13-10-3-1-2-8(6-10)12-9(4-5-14-12)7-11(15)16/h1-3,6,9,12,14H,4-5,7H2,(H,15,16). The molecule has 0 radical (unpaired) electrons. The molecule has 2 rings (SSSR count). The van der Waals surface area contributed by atoms with Crippen molar-refractivity contribution in [2.75, 3.05) is 6.54 Å². The molecule has 0 spiro atoms. The monoisotopic (exact) mass is 223 g/mol. The lowest BCUT2D eigenvalue weighted by molar-refractivity contribution is -0.138. The van der Waals surface area contributed by atoms with Crippen molar-refractivity contribution in [3.8, 4) is 0 Å². The Bertz CT molecular complexity index is 394. The quantitative estimate of drug-likeness (QED) is 0.823. The fraction of sp³-hybridized carbons (Fsp3) is 0.417. The zero-order valence-electron chi connectivity index (χ0n) is 8.82. The molecule has 0 bridgehead atoms. The molecule has 0 amide bonds. The molecule has 1 heterocycles. The molecule has 1 aliphatic heterocycles. The Hall–Kier alpha value is -1.42. The Labute approximate surface area is 93.3 Å². The number of hydrogen-bond donors (Lipinski definition) is 2. The van der Waals surface area contributed by atoms with E-state index in [2.05, 4.69) is 5.32 Å². The summed E-state index contributed by atoms with van der Waals surface area (Å²) in [6, 6.07) is 6.32. The predicted octanol–water partition coefficient (Wildman–Crippen LogP) is 1.95. The first-order valence-corrected chi connectivity index (χ1v) is 5.37. The van der Waals surface area contributed by atoms with Crippen molar-refractivity contribution in [3.63, 3.8) is 0 Å². The minimum Gasteiger partial charge on any atom is -0.481 e. The van der Waals surface area contributed by atoms with E-state index in [0.717, 1.165) is 18.5 Å². The smallest absolute Gasteiger partial charge is 0.303 e. The maximum Gasteiger partial charge on any atom is 0.303 e. The van der Waals surface area contributed by atoms with Crippen LogP contribution < -0.4 is 5.32 Å². The van der Waals surface area contributed by atoms with Gasteiger partial charge in [0, 0.05) is 6.04 Å². The van der Waals surface area contributed by atoms with Crippen LogP contribution in [0.1, 0.15) is 24.4 Å². The molecule has 86 valence electrons. The van der Waals surface area contributed by atoms with Crippen LogP contribution in [0.5, 0.6) is 0 Å². The van der Waals surface area contributed by atoms with Crippen LogP contribution >= 0.6 is 0 Å².